The van der Waals surface area contributed by atoms with Gasteiger partial charge < -0.3 is 14.8 Å². The fourth-order valence-corrected chi connectivity index (χ4v) is 4.29. The van der Waals surface area contributed by atoms with Crippen molar-refractivity contribution < 1.29 is 14.0 Å². The summed E-state index contributed by atoms with van der Waals surface area (Å²) < 4.78 is 15.2. The van der Waals surface area contributed by atoms with Crippen LogP contribution in [-0.4, -0.2) is 49.6 Å². The third-order valence-corrected chi connectivity index (χ3v) is 5.77. The minimum Gasteiger partial charge on any atom is -0.338 e. The summed E-state index contributed by atoms with van der Waals surface area (Å²) in [4.78, 5) is 31.3. The zero-order valence-corrected chi connectivity index (χ0v) is 16.0. The van der Waals surface area contributed by atoms with E-state index in [1.807, 2.05) is 9.47 Å². The molecule has 9 heteroatoms. The number of halogens is 1. The number of hydrogen-bond donors (Lipinski definition) is 1. The first kappa shape index (κ1) is 18.4. The molecule has 1 fully saturated rings. The molecule has 5 rings (SSSR count). The summed E-state index contributed by atoms with van der Waals surface area (Å²) in [6, 6.07) is 9.14. The lowest BCUT2D eigenvalue weighted by molar-refractivity contribution is 0.0783. The van der Waals surface area contributed by atoms with E-state index in [1.165, 1.54) is 18.2 Å². The van der Waals surface area contributed by atoms with Crippen LogP contribution in [0.15, 0.2) is 48.8 Å². The van der Waals surface area contributed by atoms with Crippen molar-refractivity contribution in [2.24, 2.45) is 11.8 Å². The van der Waals surface area contributed by atoms with Gasteiger partial charge in [0.25, 0.3) is 11.8 Å². The van der Waals surface area contributed by atoms with Crippen molar-refractivity contribution in [3.63, 3.8) is 0 Å². The number of pyridine rings is 1. The second-order valence-electron chi connectivity index (χ2n) is 7.69. The van der Waals surface area contributed by atoms with E-state index in [2.05, 4.69) is 20.5 Å². The Morgan fingerprint density at radius 2 is 1.83 bits per heavy atom. The maximum atomic E-state index is 13.4. The molecule has 0 spiro atoms. The Bertz CT molecular complexity index is 1120. The molecule has 2 aliphatic rings. The standard InChI is InChI=1S/C21H19FN6O2/c22-16-2-1-3-17(9-16)24-20(29)19-26-25-18-8-14-10-27(11-15(14)12-28(18)19)21(30)13-4-6-23-7-5-13/h1-7,9,14-15H,8,10-12H2,(H,24,29)/t14-,15+/m0/s1. The quantitative estimate of drug-likeness (QED) is 0.718. The number of nitrogens with zero attached hydrogens (tertiary/aromatic N) is 5. The molecule has 2 atom stereocenters. The molecule has 1 saturated heterocycles. The number of anilines is 1. The number of rotatable bonds is 3. The molecule has 0 radical (unpaired) electrons. The maximum Gasteiger partial charge on any atom is 0.293 e. The van der Waals surface area contributed by atoms with Crippen LogP contribution < -0.4 is 5.32 Å². The summed E-state index contributed by atoms with van der Waals surface area (Å²) in [7, 11) is 0. The zero-order chi connectivity index (χ0) is 20.7. The Morgan fingerprint density at radius 3 is 2.63 bits per heavy atom. The van der Waals surface area contributed by atoms with Crippen molar-refractivity contribution in [1.82, 2.24) is 24.6 Å². The summed E-state index contributed by atoms with van der Waals surface area (Å²) in [6.07, 6.45) is 3.88. The monoisotopic (exact) mass is 406 g/mol. The zero-order valence-electron chi connectivity index (χ0n) is 16.0. The molecular formula is C21H19FN6O2. The van der Waals surface area contributed by atoms with Gasteiger partial charge in [0.1, 0.15) is 11.6 Å². The molecule has 0 unspecified atom stereocenters. The molecule has 2 aromatic heterocycles. The van der Waals surface area contributed by atoms with E-state index >= 15 is 0 Å². The molecule has 0 saturated carbocycles. The van der Waals surface area contributed by atoms with Gasteiger partial charge in [0.15, 0.2) is 0 Å². The number of aromatic nitrogens is 4. The van der Waals surface area contributed by atoms with Crippen LogP contribution in [0.5, 0.6) is 0 Å². The molecule has 3 aromatic rings. The van der Waals surface area contributed by atoms with E-state index in [4.69, 9.17) is 0 Å². The van der Waals surface area contributed by atoms with Gasteiger partial charge in [-0.25, -0.2) is 4.39 Å². The maximum absolute atomic E-state index is 13.4. The van der Waals surface area contributed by atoms with Gasteiger partial charge in [0.2, 0.25) is 5.82 Å². The SMILES string of the molecule is O=C(Nc1cccc(F)c1)c1nnc2n1C[C@H]1CN(C(=O)c3ccncc3)C[C@@H]1C2. The van der Waals surface area contributed by atoms with Crippen molar-refractivity contribution in [2.75, 3.05) is 18.4 Å². The lowest BCUT2D eigenvalue weighted by Gasteiger charge is -2.25. The predicted octanol–water partition coefficient (Wildman–Crippen LogP) is 2.01. The molecule has 1 N–H and O–H groups in total. The van der Waals surface area contributed by atoms with Gasteiger partial charge in [-0.05, 0) is 42.2 Å². The van der Waals surface area contributed by atoms with Crippen LogP contribution in [0.4, 0.5) is 10.1 Å². The predicted molar refractivity (Wildman–Crippen MR) is 105 cm³/mol. The molecule has 2 aliphatic heterocycles. The van der Waals surface area contributed by atoms with Gasteiger partial charge in [-0.15, -0.1) is 10.2 Å². The lowest BCUT2D eigenvalue weighted by atomic mass is 9.89. The van der Waals surface area contributed by atoms with E-state index in [0.29, 0.717) is 37.3 Å². The van der Waals surface area contributed by atoms with Gasteiger partial charge in [0.05, 0.1) is 0 Å². The molecule has 152 valence electrons. The van der Waals surface area contributed by atoms with Gasteiger partial charge >= 0.3 is 0 Å². The molecule has 8 nitrogen and oxygen atoms in total. The third kappa shape index (κ3) is 3.32. The number of hydrogen-bond acceptors (Lipinski definition) is 5. The van der Waals surface area contributed by atoms with Crippen molar-refractivity contribution in [3.8, 4) is 0 Å². The number of benzene rings is 1. The summed E-state index contributed by atoms with van der Waals surface area (Å²) in [5.41, 5.74) is 0.985. The highest BCUT2D eigenvalue weighted by Gasteiger charge is 2.40. The summed E-state index contributed by atoms with van der Waals surface area (Å²) >= 11 is 0. The van der Waals surface area contributed by atoms with Crippen molar-refractivity contribution >= 4 is 17.5 Å². The Morgan fingerprint density at radius 1 is 1.03 bits per heavy atom. The minimum absolute atomic E-state index is 0.00774. The van der Waals surface area contributed by atoms with E-state index < -0.39 is 11.7 Å². The van der Waals surface area contributed by atoms with Gasteiger partial charge in [-0.3, -0.25) is 14.6 Å². The first-order valence-corrected chi connectivity index (χ1v) is 9.77. The highest BCUT2D eigenvalue weighted by atomic mass is 19.1. The molecular weight excluding hydrogens is 387 g/mol. The average molecular weight is 406 g/mol. The van der Waals surface area contributed by atoms with Crippen LogP contribution in [0.2, 0.25) is 0 Å². The number of nitrogens with one attached hydrogen (secondary N) is 1. The largest absolute Gasteiger partial charge is 0.338 e. The number of carbonyl (C=O) groups is 2. The number of fused-ring (bicyclic) bond motifs is 2. The van der Waals surface area contributed by atoms with Crippen LogP contribution >= 0.6 is 0 Å². The highest BCUT2D eigenvalue weighted by Crippen LogP contribution is 2.33. The van der Waals surface area contributed by atoms with Crippen LogP contribution in [0.1, 0.15) is 26.8 Å². The van der Waals surface area contributed by atoms with Crippen molar-refractivity contribution in [2.45, 2.75) is 13.0 Å². The van der Waals surface area contributed by atoms with Crippen LogP contribution in [-0.2, 0) is 13.0 Å². The fourth-order valence-electron chi connectivity index (χ4n) is 4.29. The second-order valence-corrected chi connectivity index (χ2v) is 7.69. The number of likely N-dealkylation sites (tertiary alicyclic amines) is 1. The van der Waals surface area contributed by atoms with E-state index in [9.17, 15) is 14.0 Å². The minimum atomic E-state index is -0.430. The van der Waals surface area contributed by atoms with Crippen LogP contribution in [0.3, 0.4) is 0 Å². The summed E-state index contributed by atoms with van der Waals surface area (Å²) in [5, 5.41) is 10.9. The first-order valence-electron chi connectivity index (χ1n) is 9.77. The molecule has 2 amide bonds. The summed E-state index contributed by atoms with van der Waals surface area (Å²) in [6.45, 7) is 1.84. The van der Waals surface area contributed by atoms with Gasteiger partial charge in [-0.2, -0.15) is 0 Å². The van der Waals surface area contributed by atoms with Crippen LogP contribution in [0, 0.1) is 17.7 Å². The lowest BCUT2D eigenvalue weighted by Crippen LogP contribution is -2.31. The molecule has 30 heavy (non-hydrogen) atoms. The summed E-state index contributed by atoms with van der Waals surface area (Å²) in [5.74, 6) is 0.577. The van der Waals surface area contributed by atoms with E-state index in [-0.39, 0.29) is 23.6 Å². The fraction of sp³-hybridized carbons (Fsp3) is 0.286. The third-order valence-electron chi connectivity index (χ3n) is 5.77. The molecule has 1 aromatic carbocycles. The normalized spacial score (nSPS) is 19.8. The number of amides is 2. The molecule has 0 aliphatic carbocycles. The Hall–Kier alpha value is -3.62. The Kier molecular flexibility index (Phi) is 4.50. The van der Waals surface area contributed by atoms with E-state index in [1.54, 1.807) is 30.6 Å². The average Bonchev–Trinajstić information content (AvgIpc) is 3.35. The molecule has 0 bridgehead atoms. The van der Waals surface area contributed by atoms with E-state index in [0.717, 1.165) is 5.82 Å². The van der Waals surface area contributed by atoms with Gasteiger partial charge in [-0.1, -0.05) is 6.07 Å². The number of carbonyl (C=O) groups excluding carboxylic acids is 2. The van der Waals surface area contributed by atoms with Crippen molar-refractivity contribution in [3.05, 3.63) is 71.8 Å². The smallest absolute Gasteiger partial charge is 0.293 e. The van der Waals surface area contributed by atoms with Crippen LogP contribution in [0.25, 0.3) is 0 Å². The Labute approximate surface area is 171 Å². The van der Waals surface area contributed by atoms with Crippen molar-refractivity contribution in [1.29, 1.82) is 0 Å². The Balaban J connectivity index is 1.31. The topological polar surface area (TPSA) is 93.0 Å². The van der Waals surface area contributed by atoms with Gasteiger partial charge in [0, 0.05) is 49.7 Å². The second kappa shape index (κ2) is 7.33. The molecule has 4 heterocycles. The first-order chi connectivity index (χ1) is 14.6. The highest BCUT2D eigenvalue weighted by molar-refractivity contribution is 6.01.